The van der Waals surface area contributed by atoms with Crippen molar-refractivity contribution in [3.63, 3.8) is 0 Å². The number of rotatable bonds is 4. The number of anilines is 2. The van der Waals surface area contributed by atoms with E-state index in [0.29, 0.717) is 6.54 Å². The van der Waals surface area contributed by atoms with E-state index in [1.54, 1.807) is 0 Å². The topological polar surface area (TPSA) is 61.3 Å². The van der Waals surface area contributed by atoms with Gasteiger partial charge in [-0.2, -0.15) is 0 Å². The van der Waals surface area contributed by atoms with Crippen LogP contribution in [0.2, 0.25) is 0 Å². The molecule has 1 aliphatic rings. The van der Waals surface area contributed by atoms with Gasteiger partial charge in [0.1, 0.15) is 17.5 Å². The smallest absolute Gasteiger partial charge is 0.137 e. The number of piperidine rings is 1. The highest BCUT2D eigenvalue weighted by Crippen LogP contribution is 2.29. The predicted molar refractivity (Wildman–Crippen MR) is 82.4 cm³/mol. The highest BCUT2D eigenvalue weighted by molar-refractivity contribution is 5.59. The van der Waals surface area contributed by atoms with E-state index in [2.05, 4.69) is 34.0 Å². The lowest BCUT2D eigenvalue weighted by molar-refractivity contribution is 0.0446. The van der Waals surface area contributed by atoms with E-state index in [1.807, 2.05) is 13.8 Å². The van der Waals surface area contributed by atoms with Crippen molar-refractivity contribution in [2.24, 2.45) is 0 Å². The molecule has 1 aromatic rings. The van der Waals surface area contributed by atoms with E-state index in [4.69, 9.17) is 0 Å². The number of β-amino-alcohol motifs (C(OH)–C–C–N with tert-alkyl or cyclic N) is 1. The molecule has 0 saturated carbocycles. The quantitative estimate of drug-likeness (QED) is 0.884. The van der Waals surface area contributed by atoms with Gasteiger partial charge in [-0.25, -0.2) is 9.97 Å². The van der Waals surface area contributed by atoms with Crippen LogP contribution in [0.5, 0.6) is 0 Å². The largest absolute Gasteiger partial charge is 0.388 e. The third kappa shape index (κ3) is 3.39. The summed E-state index contributed by atoms with van der Waals surface area (Å²) in [4.78, 5) is 11.3. The van der Waals surface area contributed by atoms with E-state index in [-0.39, 0.29) is 0 Å². The summed E-state index contributed by atoms with van der Waals surface area (Å²) < 4.78 is 0. The molecular formula is C15H26N4O. The van der Waals surface area contributed by atoms with E-state index < -0.39 is 5.60 Å². The number of nitrogens with zero attached hydrogens (tertiary/aromatic N) is 3. The van der Waals surface area contributed by atoms with Crippen LogP contribution in [-0.4, -0.2) is 40.3 Å². The van der Waals surface area contributed by atoms with E-state index in [0.717, 1.165) is 55.4 Å². The second-order valence-electron chi connectivity index (χ2n) is 6.02. The van der Waals surface area contributed by atoms with Crippen LogP contribution in [-0.2, 0) is 0 Å². The second kappa shape index (κ2) is 5.95. The van der Waals surface area contributed by atoms with E-state index >= 15 is 0 Å². The van der Waals surface area contributed by atoms with E-state index in [9.17, 15) is 5.11 Å². The molecule has 5 heteroatoms. The number of hydrogen-bond donors (Lipinski definition) is 2. The molecular weight excluding hydrogens is 252 g/mol. The van der Waals surface area contributed by atoms with Gasteiger partial charge in [-0.05, 0) is 40.0 Å². The summed E-state index contributed by atoms with van der Waals surface area (Å²) in [6, 6.07) is 0. The Hall–Kier alpha value is -1.36. The van der Waals surface area contributed by atoms with Crippen molar-refractivity contribution in [2.45, 2.75) is 52.6 Å². The molecule has 0 amide bonds. The molecule has 1 atom stereocenters. The van der Waals surface area contributed by atoms with Gasteiger partial charge in [-0.3, -0.25) is 0 Å². The Morgan fingerprint density at radius 3 is 2.75 bits per heavy atom. The molecule has 0 radical (unpaired) electrons. The van der Waals surface area contributed by atoms with E-state index in [1.165, 1.54) is 0 Å². The third-order valence-electron chi connectivity index (χ3n) is 3.75. The molecule has 1 fully saturated rings. The highest BCUT2D eigenvalue weighted by Gasteiger charge is 2.30. The first kappa shape index (κ1) is 15.0. The lowest BCUT2D eigenvalue weighted by Gasteiger charge is -2.38. The van der Waals surface area contributed by atoms with Crippen LogP contribution in [0.1, 0.15) is 44.5 Å². The number of aryl methyl sites for hydroxylation is 1. The Bertz CT molecular complexity index is 473. The van der Waals surface area contributed by atoms with Gasteiger partial charge in [0.05, 0.1) is 5.60 Å². The van der Waals surface area contributed by atoms with Crippen LogP contribution >= 0.6 is 0 Å². The fraction of sp³-hybridized carbons (Fsp3) is 0.733. The maximum absolute atomic E-state index is 10.3. The Kier molecular flexibility index (Phi) is 4.48. The molecule has 2 N–H and O–H groups in total. The van der Waals surface area contributed by atoms with Crippen LogP contribution in [0.3, 0.4) is 0 Å². The minimum absolute atomic E-state index is 0.624. The SMILES string of the molecule is CCCNc1nc(C)nc(N2CCCC(C)(O)C2)c1C. The average molecular weight is 278 g/mol. The number of nitrogens with one attached hydrogen (secondary N) is 1. The zero-order valence-electron chi connectivity index (χ0n) is 13.0. The lowest BCUT2D eigenvalue weighted by atomic mass is 9.95. The molecule has 0 aliphatic carbocycles. The van der Waals surface area contributed by atoms with Gasteiger partial charge in [0.25, 0.3) is 0 Å². The molecule has 0 spiro atoms. The van der Waals surface area contributed by atoms with Gasteiger partial charge >= 0.3 is 0 Å². The lowest BCUT2D eigenvalue weighted by Crippen LogP contribution is -2.46. The van der Waals surface area contributed by atoms with Crippen molar-refractivity contribution in [3.8, 4) is 0 Å². The fourth-order valence-electron chi connectivity index (χ4n) is 2.74. The minimum Gasteiger partial charge on any atom is -0.388 e. The Morgan fingerprint density at radius 2 is 2.10 bits per heavy atom. The summed E-state index contributed by atoms with van der Waals surface area (Å²) in [5.74, 6) is 2.64. The van der Waals surface area contributed by atoms with Crippen molar-refractivity contribution in [2.75, 3.05) is 29.9 Å². The third-order valence-corrected chi connectivity index (χ3v) is 3.75. The standard InChI is InChI=1S/C15H26N4O/c1-5-8-16-13-11(2)14(18-12(3)17-13)19-9-6-7-15(4,20)10-19/h20H,5-10H2,1-4H3,(H,16,17,18). The molecule has 0 aromatic carbocycles. The first-order valence-corrected chi connectivity index (χ1v) is 7.49. The number of aliphatic hydroxyl groups is 1. The molecule has 5 nitrogen and oxygen atoms in total. The van der Waals surface area contributed by atoms with Gasteiger partial charge < -0.3 is 15.3 Å². The van der Waals surface area contributed by atoms with Crippen molar-refractivity contribution >= 4 is 11.6 Å². The molecule has 1 aliphatic heterocycles. The summed E-state index contributed by atoms with van der Waals surface area (Å²) in [7, 11) is 0. The van der Waals surface area contributed by atoms with Gasteiger partial charge in [0.15, 0.2) is 0 Å². The van der Waals surface area contributed by atoms with Gasteiger partial charge in [0.2, 0.25) is 0 Å². The normalized spacial score (nSPS) is 22.9. The summed E-state index contributed by atoms with van der Waals surface area (Å²) in [6.07, 6.45) is 2.91. The van der Waals surface area contributed by atoms with Crippen LogP contribution in [0.4, 0.5) is 11.6 Å². The molecule has 2 rings (SSSR count). The van der Waals surface area contributed by atoms with Gasteiger partial charge in [-0.15, -0.1) is 0 Å². The van der Waals surface area contributed by atoms with Crippen molar-refractivity contribution in [1.82, 2.24) is 9.97 Å². The van der Waals surface area contributed by atoms with Crippen LogP contribution in [0.15, 0.2) is 0 Å². The molecule has 0 bridgehead atoms. The zero-order valence-corrected chi connectivity index (χ0v) is 13.0. The Labute approximate surface area is 121 Å². The average Bonchev–Trinajstić information content (AvgIpc) is 2.38. The van der Waals surface area contributed by atoms with Crippen LogP contribution in [0.25, 0.3) is 0 Å². The van der Waals surface area contributed by atoms with Crippen LogP contribution in [0, 0.1) is 13.8 Å². The summed E-state index contributed by atoms with van der Waals surface area (Å²) in [6.45, 7) is 10.5. The monoisotopic (exact) mass is 278 g/mol. The Balaban J connectivity index is 2.28. The minimum atomic E-state index is -0.624. The van der Waals surface area contributed by atoms with Crippen LogP contribution < -0.4 is 10.2 Å². The summed E-state index contributed by atoms with van der Waals surface area (Å²) in [5, 5.41) is 13.6. The molecule has 1 saturated heterocycles. The molecule has 112 valence electrons. The first-order chi connectivity index (χ1) is 9.43. The first-order valence-electron chi connectivity index (χ1n) is 7.49. The maximum Gasteiger partial charge on any atom is 0.137 e. The maximum atomic E-state index is 10.3. The number of aromatic nitrogens is 2. The number of hydrogen-bond acceptors (Lipinski definition) is 5. The van der Waals surface area contributed by atoms with Gasteiger partial charge in [-0.1, -0.05) is 6.92 Å². The summed E-state index contributed by atoms with van der Waals surface area (Å²) >= 11 is 0. The molecule has 1 unspecified atom stereocenters. The Morgan fingerprint density at radius 1 is 1.35 bits per heavy atom. The zero-order chi connectivity index (χ0) is 14.8. The summed E-state index contributed by atoms with van der Waals surface area (Å²) in [5.41, 5.74) is 0.447. The predicted octanol–water partition coefficient (Wildman–Crippen LogP) is 2.27. The second-order valence-corrected chi connectivity index (χ2v) is 6.02. The van der Waals surface area contributed by atoms with Crippen molar-refractivity contribution < 1.29 is 5.11 Å². The molecule has 1 aromatic heterocycles. The fourth-order valence-corrected chi connectivity index (χ4v) is 2.74. The van der Waals surface area contributed by atoms with Crippen molar-refractivity contribution in [1.29, 1.82) is 0 Å². The molecule has 2 heterocycles. The van der Waals surface area contributed by atoms with Crippen molar-refractivity contribution in [3.05, 3.63) is 11.4 Å². The van der Waals surface area contributed by atoms with Gasteiger partial charge in [0, 0.05) is 25.2 Å². The highest BCUT2D eigenvalue weighted by atomic mass is 16.3. The molecule has 20 heavy (non-hydrogen) atoms.